The lowest BCUT2D eigenvalue weighted by molar-refractivity contribution is 0.602. The number of benzene rings is 2. The van der Waals surface area contributed by atoms with E-state index in [9.17, 15) is 0 Å². The third kappa shape index (κ3) is 3.29. The summed E-state index contributed by atoms with van der Waals surface area (Å²) in [6, 6.07) is 20.9. The zero-order chi connectivity index (χ0) is 14.5. The number of aromatic nitrogens is 1. The van der Waals surface area contributed by atoms with E-state index in [1.54, 1.807) is 0 Å². The Balaban J connectivity index is 1.68. The first kappa shape index (κ1) is 13.8. The van der Waals surface area contributed by atoms with Crippen molar-refractivity contribution in [2.75, 3.05) is 0 Å². The molecule has 1 unspecified atom stereocenters. The second-order valence-electron chi connectivity index (χ2n) is 5.40. The molecule has 2 aromatic carbocycles. The van der Waals surface area contributed by atoms with Crippen LogP contribution in [-0.4, -0.2) is 4.98 Å². The highest BCUT2D eigenvalue weighted by Gasteiger charge is 2.11. The van der Waals surface area contributed by atoms with Gasteiger partial charge in [-0.05, 0) is 36.3 Å². The topological polar surface area (TPSA) is 38.9 Å². The molecule has 0 fully saturated rings. The minimum atomic E-state index is -0.000174. The van der Waals surface area contributed by atoms with Gasteiger partial charge in [-0.15, -0.1) is 0 Å². The normalized spacial score (nSPS) is 12.4. The molecule has 2 heteroatoms. The van der Waals surface area contributed by atoms with Crippen LogP contribution in [0, 0.1) is 0 Å². The van der Waals surface area contributed by atoms with Gasteiger partial charge < -0.3 is 5.73 Å². The minimum absolute atomic E-state index is 0.000174. The summed E-state index contributed by atoms with van der Waals surface area (Å²) in [5.41, 5.74) is 8.75. The molecule has 3 rings (SSSR count). The van der Waals surface area contributed by atoms with E-state index >= 15 is 0 Å². The Labute approximate surface area is 125 Å². The molecule has 1 aromatic heterocycles. The van der Waals surface area contributed by atoms with Gasteiger partial charge in [0.15, 0.2) is 0 Å². The van der Waals surface area contributed by atoms with Crippen LogP contribution in [0.25, 0.3) is 10.8 Å². The standard InChI is InChI=1S/C19H20N2/c20-18(12-6-9-15-7-2-1-3-8-15)19-17-11-5-4-10-16(17)13-14-21-19/h1-5,7-8,10-11,13-14,18H,6,9,12,20H2. The van der Waals surface area contributed by atoms with Crippen LogP contribution in [0.15, 0.2) is 66.9 Å². The molecular formula is C19H20N2. The Morgan fingerprint density at radius 2 is 1.67 bits per heavy atom. The summed E-state index contributed by atoms with van der Waals surface area (Å²) in [4.78, 5) is 4.51. The zero-order valence-electron chi connectivity index (χ0n) is 12.1. The molecule has 21 heavy (non-hydrogen) atoms. The number of nitrogens with zero attached hydrogens (tertiary/aromatic N) is 1. The SMILES string of the molecule is NC(CCCc1ccccc1)c1nccc2ccccc12. The second kappa shape index (κ2) is 6.51. The number of nitrogens with two attached hydrogens (primary N) is 1. The van der Waals surface area contributed by atoms with Crippen molar-refractivity contribution in [1.29, 1.82) is 0 Å². The smallest absolute Gasteiger partial charge is 0.0649 e. The van der Waals surface area contributed by atoms with Crippen LogP contribution in [0.1, 0.15) is 30.1 Å². The summed E-state index contributed by atoms with van der Waals surface area (Å²) in [5.74, 6) is 0. The van der Waals surface area contributed by atoms with E-state index in [2.05, 4.69) is 47.4 Å². The maximum absolute atomic E-state index is 6.36. The molecule has 1 atom stereocenters. The average molecular weight is 276 g/mol. The van der Waals surface area contributed by atoms with Crippen LogP contribution >= 0.6 is 0 Å². The predicted molar refractivity (Wildman–Crippen MR) is 88.1 cm³/mol. The molecule has 0 radical (unpaired) electrons. The van der Waals surface area contributed by atoms with E-state index in [-0.39, 0.29) is 6.04 Å². The van der Waals surface area contributed by atoms with Crippen molar-refractivity contribution in [3.63, 3.8) is 0 Å². The third-order valence-electron chi connectivity index (χ3n) is 3.88. The minimum Gasteiger partial charge on any atom is -0.323 e. The van der Waals surface area contributed by atoms with E-state index in [0.29, 0.717) is 0 Å². The molecule has 0 amide bonds. The lowest BCUT2D eigenvalue weighted by Crippen LogP contribution is -2.12. The van der Waals surface area contributed by atoms with Gasteiger partial charge in [-0.25, -0.2) is 0 Å². The molecule has 0 aliphatic carbocycles. The van der Waals surface area contributed by atoms with Crippen molar-refractivity contribution in [1.82, 2.24) is 4.98 Å². The van der Waals surface area contributed by atoms with Crippen LogP contribution in [0.2, 0.25) is 0 Å². The Bertz CT molecular complexity index is 702. The fraction of sp³-hybridized carbons (Fsp3) is 0.211. The molecule has 0 saturated heterocycles. The molecule has 2 N–H and O–H groups in total. The highest BCUT2D eigenvalue weighted by molar-refractivity contribution is 5.84. The fourth-order valence-electron chi connectivity index (χ4n) is 2.75. The Morgan fingerprint density at radius 1 is 0.905 bits per heavy atom. The molecule has 3 aromatic rings. The van der Waals surface area contributed by atoms with Crippen molar-refractivity contribution < 1.29 is 0 Å². The van der Waals surface area contributed by atoms with Gasteiger partial charge in [0.2, 0.25) is 0 Å². The molecular weight excluding hydrogens is 256 g/mol. The molecule has 0 aliphatic rings. The van der Waals surface area contributed by atoms with Crippen LogP contribution in [0.5, 0.6) is 0 Å². The van der Waals surface area contributed by atoms with Crippen LogP contribution in [-0.2, 0) is 6.42 Å². The summed E-state index contributed by atoms with van der Waals surface area (Å²) in [6.45, 7) is 0. The summed E-state index contributed by atoms with van der Waals surface area (Å²) in [7, 11) is 0. The van der Waals surface area contributed by atoms with Crippen molar-refractivity contribution in [3.8, 4) is 0 Å². The lowest BCUT2D eigenvalue weighted by Gasteiger charge is -2.13. The van der Waals surface area contributed by atoms with Crippen LogP contribution < -0.4 is 5.73 Å². The second-order valence-corrected chi connectivity index (χ2v) is 5.40. The van der Waals surface area contributed by atoms with Gasteiger partial charge in [0.05, 0.1) is 5.69 Å². The van der Waals surface area contributed by atoms with E-state index in [1.807, 2.05) is 24.4 Å². The molecule has 0 aliphatic heterocycles. The zero-order valence-corrected chi connectivity index (χ0v) is 12.1. The predicted octanol–water partition coefficient (Wildman–Crippen LogP) is 4.26. The van der Waals surface area contributed by atoms with E-state index in [1.165, 1.54) is 16.3 Å². The number of hydrogen-bond acceptors (Lipinski definition) is 2. The number of aryl methyl sites for hydroxylation is 1. The highest BCUT2D eigenvalue weighted by Crippen LogP contribution is 2.23. The average Bonchev–Trinajstić information content (AvgIpc) is 2.55. The van der Waals surface area contributed by atoms with Crippen molar-refractivity contribution in [2.45, 2.75) is 25.3 Å². The van der Waals surface area contributed by atoms with Gasteiger partial charge in [-0.1, -0.05) is 54.6 Å². The molecule has 0 saturated carbocycles. The quantitative estimate of drug-likeness (QED) is 0.756. The monoisotopic (exact) mass is 276 g/mol. The van der Waals surface area contributed by atoms with Gasteiger partial charge in [0, 0.05) is 17.6 Å². The maximum Gasteiger partial charge on any atom is 0.0649 e. The molecule has 2 nitrogen and oxygen atoms in total. The summed E-state index contributed by atoms with van der Waals surface area (Å²) in [5, 5.41) is 2.38. The number of fused-ring (bicyclic) bond motifs is 1. The highest BCUT2D eigenvalue weighted by atomic mass is 14.8. The summed E-state index contributed by atoms with van der Waals surface area (Å²) < 4.78 is 0. The van der Waals surface area contributed by atoms with Gasteiger partial charge in [-0.3, -0.25) is 4.98 Å². The number of pyridine rings is 1. The van der Waals surface area contributed by atoms with E-state index in [4.69, 9.17) is 5.73 Å². The van der Waals surface area contributed by atoms with Crippen molar-refractivity contribution >= 4 is 10.8 Å². The molecule has 106 valence electrons. The molecule has 0 spiro atoms. The van der Waals surface area contributed by atoms with Crippen LogP contribution in [0.3, 0.4) is 0 Å². The van der Waals surface area contributed by atoms with Crippen molar-refractivity contribution in [2.24, 2.45) is 5.73 Å². The van der Waals surface area contributed by atoms with E-state index < -0.39 is 0 Å². The van der Waals surface area contributed by atoms with Gasteiger partial charge in [-0.2, -0.15) is 0 Å². The van der Waals surface area contributed by atoms with Gasteiger partial charge in [0.1, 0.15) is 0 Å². The largest absolute Gasteiger partial charge is 0.323 e. The maximum atomic E-state index is 6.36. The first-order chi connectivity index (χ1) is 10.3. The van der Waals surface area contributed by atoms with E-state index in [0.717, 1.165) is 25.0 Å². The summed E-state index contributed by atoms with van der Waals surface area (Å²) in [6.07, 6.45) is 4.96. The van der Waals surface area contributed by atoms with Gasteiger partial charge in [0.25, 0.3) is 0 Å². The van der Waals surface area contributed by atoms with Crippen molar-refractivity contribution in [3.05, 3.63) is 78.1 Å². The third-order valence-corrected chi connectivity index (χ3v) is 3.88. The molecule has 1 heterocycles. The first-order valence-corrected chi connectivity index (χ1v) is 7.48. The van der Waals surface area contributed by atoms with Gasteiger partial charge >= 0.3 is 0 Å². The number of hydrogen-bond donors (Lipinski definition) is 1. The Hall–Kier alpha value is -2.19. The Kier molecular flexibility index (Phi) is 4.27. The van der Waals surface area contributed by atoms with Crippen LogP contribution in [0.4, 0.5) is 0 Å². The fourth-order valence-corrected chi connectivity index (χ4v) is 2.75. The summed E-state index contributed by atoms with van der Waals surface area (Å²) >= 11 is 0. The first-order valence-electron chi connectivity index (χ1n) is 7.48. The Morgan fingerprint density at radius 3 is 2.52 bits per heavy atom. The lowest BCUT2D eigenvalue weighted by atomic mass is 9.99. The number of rotatable bonds is 5. The molecule has 0 bridgehead atoms.